The molecule has 2 amide bonds. The Balaban J connectivity index is 1.87. The Morgan fingerprint density at radius 1 is 1.03 bits per heavy atom. The molecule has 1 aliphatic rings. The molecule has 8 nitrogen and oxygen atoms in total. The molecule has 0 atom stereocenters. The second kappa shape index (κ2) is 12.4. The number of carboxylic acid groups (broad SMARTS) is 1. The molecular weight excluding hydrogens is 496 g/mol. The van der Waals surface area contributed by atoms with Crippen LogP contribution in [-0.2, 0) is 4.74 Å². The van der Waals surface area contributed by atoms with Crippen molar-refractivity contribution in [2.45, 2.75) is 65.6 Å². The van der Waals surface area contributed by atoms with Crippen LogP contribution in [0.25, 0.3) is 6.08 Å². The molecule has 0 aliphatic carbocycles. The lowest BCUT2D eigenvalue weighted by molar-refractivity contribution is -0.000585. The molecule has 8 heteroatoms. The highest BCUT2D eigenvalue weighted by molar-refractivity contribution is 5.94. The van der Waals surface area contributed by atoms with E-state index in [2.05, 4.69) is 0 Å². The van der Waals surface area contributed by atoms with Crippen molar-refractivity contribution in [3.8, 4) is 5.75 Å². The van der Waals surface area contributed by atoms with Gasteiger partial charge in [0.1, 0.15) is 17.0 Å². The fourth-order valence-corrected chi connectivity index (χ4v) is 4.55. The monoisotopic (exact) mass is 536 g/mol. The first kappa shape index (κ1) is 29.7. The minimum Gasteiger partial charge on any atom is -0.483 e. The van der Waals surface area contributed by atoms with Crippen LogP contribution in [0.4, 0.5) is 4.79 Å². The van der Waals surface area contributed by atoms with Crippen LogP contribution < -0.4 is 4.74 Å². The number of hydrogen-bond acceptors (Lipinski definition) is 5. The predicted molar refractivity (Wildman–Crippen MR) is 151 cm³/mol. The fraction of sp³-hybridized carbons (Fsp3) is 0.452. The molecule has 2 aromatic rings. The van der Waals surface area contributed by atoms with Gasteiger partial charge in [0.25, 0.3) is 5.91 Å². The highest BCUT2D eigenvalue weighted by Crippen LogP contribution is 2.34. The van der Waals surface area contributed by atoms with Gasteiger partial charge in [0.2, 0.25) is 0 Å². The van der Waals surface area contributed by atoms with Gasteiger partial charge in [-0.05, 0) is 77.4 Å². The molecule has 2 aromatic carbocycles. The topological polar surface area (TPSA) is 96.4 Å². The summed E-state index contributed by atoms with van der Waals surface area (Å²) in [5, 5.41) is 9.57. The lowest BCUT2D eigenvalue weighted by atomic mass is 9.89. The molecule has 3 rings (SSSR count). The minimum absolute atomic E-state index is 0.00126. The number of piperidine rings is 1. The number of carbonyl (C=O) groups is 3. The van der Waals surface area contributed by atoms with Gasteiger partial charge < -0.3 is 24.4 Å². The van der Waals surface area contributed by atoms with Crippen LogP contribution in [0, 0.1) is 6.92 Å². The van der Waals surface area contributed by atoms with Gasteiger partial charge in [-0.3, -0.25) is 4.79 Å². The van der Waals surface area contributed by atoms with Gasteiger partial charge in [-0.1, -0.05) is 24.3 Å². The first-order valence-electron chi connectivity index (χ1n) is 13.5. The fourth-order valence-electron chi connectivity index (χ4n) is 4.55. The Morgan fingerprint density at radius 3 is 2.18 bits per heavy atom. The summed E-state index contributed by atoms with van der Waals surface area (Å²) < 4.78 is 12.1. The summed E-state index contributed by atoms with van der Waals surface area (Å²) in [4.78, 5) is 40.5. The molecule has 1 fully saturated rings. The van der Waals surface area contributed by atoms with Crippen molar-refractivity contribution in [2.75, 3.05) is 26.2 Å². The van der Waals surface area contributed by atoms with E-state index in [4.69, 9.17) is 9.47 Å². The molecule has 0 unspecified atom stereocenters. The van der Waals surface area contributed by atoms with Crippen LogP contribution in [0.1, 0.15) is 79.3 Å². The van der Waals surface area contributed by atoms with E-state index in [-0.39, 0.29) is 17.6 Å². The Morgan fingerprint density at radius 2 is 1.64 bits per heavy atom. The average Bonchev–Trinajstić information content (AvgIpc) is 2.89. The highest BCUT2D eigenvalue weighted by Gasteiger charge is 2.37. The quantitative estimate of drug-likeness (QED) is 0.442. The van der Waals surface area contributed by atoms with E-state index in [1.54, 1.807) is 34.9 Å². The van der Waals surface area contributed by atoms with Crippen LogP contribution in [0.2, 0.25) is 0 Å². The number of carbonyl (C=O) groups excluding carboxylic acids is 2. The second-order valence-corrected chi connectivity index (χ2v) is 10.8. The summed E-state index contributed by atoms with van der Waals surface area (Å²) in [5.41, 5.74) is 0.914. The predicted octanol–water partition coefficient (Wildman–Crippen LogP) is 6.04. The third-order valence-corrected chi connectivity index (χ3v) is 6.88. The molecule has 1 N–H and O–H groups in total. The van der Waals surface area contributed by atoms with Crippen molar-refractivity contribution in [3.05, 3.63) is 70.8 Å². The van der Waals surface area contributed by atoms with Gasteiger partial charge in [0.05, 0.1) is 5.56 Å². The average molecular weight is 537 g/mol. The molecule has 1 saturated heterocycles. The molecule has 1 aliphatic heterocycles. The van der Waals surface area contributed by atoms with Crippen molar-refractivity contribution in [1.82, 2.24) is 9.80 Å². The summed E-state index contributed by atoms with van der Waals surface area (Å²) in [7, 11) is 0. The van der Waals surface area contributed by atoms with Crippen LogP contribution in [0.3, 0.4) is 0 Å². The Bertz CT molecular complexity index is 1200. The van der Waals surface area contributed by atoms with Crippen molar-refractivity contribution < 1.29 is 29.0 Å². The van der Waals surface area contributed by atoms with Crippen molar-refractivity contribution in [1.29, 1.82) is 0 Å². The summed E-state index contributed by atoms with van der Waals surface area (Å²) >= 11 is 0. The van der Waals surface area contributed by atoms with Crippen molar-refractivity contribution in [2.24, 2.45) is 0 Å². The number of ether oxygens (including phenoxy) is 2. The largest absolute Gasteiger partial charge is 0.483 e. The number of likely N-dealkylation sites (tertiary alicyclic amines) is 1. The molecule has 1 heterocycles. The zero-order valence-corrected chi connectivity index (χ0v) is 23.8. The number of benzene rings is 2. The molecule has 0 aromatic heterocycles. The molecule has 0 saturated carbocycles. The molecule has 0 spiro atoms. The smallest absolute Gasteiger partial charge is 0.410 e. The molecule has 39 heavy (non-hydrogen) atoms. The zero-order valence-electron chi connectivity index (χ0n) is 23.8. The van der Waals surface area contributed by atoms with E-state index in [1.807, 2.05) is 71.0 Å². The molecule has 210 valence electrons. The normalized spacial score (nSPS) is 15.2. The number of rotatable bonds is 8. The van der Waals surface area contributed by atoms with E-state index in [0.29, 0.717) is 55.9 Å². The maximum atomic E-state index is 12.7. The molecule has 0 radical (unpaired) electrons. The van der Waals surface area contributed by atoms with E-state index < -0.39 is 17.2 Å². The zero-order chi connectivity index (χ0) is 28.8. The maximum absolute atomic E-state index is 12.7. The van der Waals surface area contributed by atoms with E-state index >= 15 is 0 Å². The number of nitrogens with zero attached hydrogens (tertiary/aromatic N) is 2. The lowest BCUT2D eigenvalue weighted by Gasteiger charge is -2.40. The number of carboxylic acids is 1. The Kier molecular flexibility index (Phi) is 9.43. The second-order valence-electron chi connectivity index (χ2n) is 10.8. The summed E-state index contributed by atoms with van der Waals surface area (Å²) in [6.07, 6.45) is 4.56. The van der Waals surface area contributed by atoms with Crippen molar-refractivity contribution in [3.63, 3.8) is 0 Å². The molecule has 0 bridgehead atoms. The van der Waals surface area contributed by atoms with Gasteiger partial charge in [-0.15, -0.1) is 0 Å². The first-order chi connectivity index (χ1) is 18.4. The van der Waals surface area contributed by atoms with Gasteiger partial charge >= 0.3 is 12.1 Å². The number of aromatic carboxylic acids is 1. The van der Waals surface area contributed by atoms with Gasteiger partial charge in [-0.2, -0.15) is 0 Å². The van der Waals surface area contributed by atoms with Gasteiger partial charge in [-0.25, -0.2) is 9.59 Å². The van der Waals surface area contributed by atoms with Crippen LogP contribution in [0.5, 0.6) is 5.75 Å². The third-order valence-electron chi connectivity index (χ3n) is 6.88. The van der Waals surface area contributed by atoms with E-state index in [1.165, 1.54) is 0 Å². The number of amides is 2. The summed E-state index contributed by atoms with van der Waals surface area (Å²) in [5.74, 6) is -0.522. The SMILES string of the molecule is CCN(CC)C(=O)c1ccc(/C=C/C2(Oc3cccc(C(=O)O)c3C)CCN(C(=O)OC(C)(C)C)CC2)cc1. The standard InChI is InChI=1S/C31H40N2O6/c1-7-32(8-2)27(34)24-14-12-23(13-15-24)16-17-31(38-26-11-9-10-25(22(26)3)28(35)36)18-20-33(21-19-31)29(37)39-30(4,5)6/h9-17H,7-8,18-21H2,1-6H3,(H,35,36)/b17-16+. The minimum atomic E-state index is -1.01. The first-order valence-corrected chi connectivity index (χ1v) is 13.5. The lowest BCUT2D eigenvalue weighted by Crippen LogP contribution is -2.49. The summed E-state index contributed by atoms with van der Waals surface area (Å²) in [6, 6.07) is 12.4. The van der Waals surface area contributed by atoms with E-state index in [0.717, 1.165) is 5.56 Å². The Labute approximate surface area is 231 Å². The number of hydrogen-bond donors (Lipinski definition) is 1. The van der Waals surface area contributed by atoms with Gasteiger partial charge in [0, 0.05) is 50.1 Å². The van der Waals surface area contributed by atoms with Crippen LogP contribution in [0.15, 0.2) is 48.5 Å². The maximum Gasteiger partial charge on any atom is 0.410 e. The summed E-state index contributed by atoms with van der Waals surface area (Å²) in [6.45, 7) is 13.3. The van der Waals surface area contributed by atoms with Crippen molar-refractivity contribution >= 4 is 24.0 Å². The Hall–Kier alpha value is -3.81. The highest BCUT2D eigenvalue weighted by atomic mass is 16.6. The van der Waals surface area contributed by atoms with Gasteiger partial charge in [0.15, 0.2) is 0 Å². The molecular formula is C31H40N2O6. The van der Waals surface area contributed by atoms with Crippen LogP contribution in [-0.4, -0.2) is 70.3 Å². The third kappa shape index (κ3) is 7.62. The van der Waals surface area contributed by atoms with E-state index in [9.17, 15) is 19.5 Å². The van der Waals surface area contributed by atoms with Crippen LogP contribution >= 0.6 is 0 Å².